The number of carbonyl (C=O) groups is 1. The smallest absolute Gasteiger partial charge is 0.225 e. The number of aromatic nitrogens is 2. The number of ether oxygens (including phenoxy) is 2. The Kier molecular flexibility index (Phi) is 3.98. The molecule has 2 rings (SSSR count). The molecular formula is C11H14ClN3O3. The average Bonchev–Trinajstić information content (AvgIpc) is 2.38. The molecule has 0 aromatic carbocycles. The van der Waals surface area contributed by atoms with E-state index in [9.17, 15) is 4.79 Å². The van der Waals surface area contributed by atoms with Gasteiger partial charge in [-0.2, -0.15) is 4.98 Å². The molecule has 0 N–H and O–H groups in total. The highest BCUT2D eigenvalue weighted by molar-refractivity contribution is 6.28. The van der Waals surface area contributed by atoms with E-state index in [1.807, 2.05) is 11.8 Å². The summed E-state index contributed by atoms with van der Waals surface area (Å²) in [7, 11) is 1.48. The third kappa shape index (κ3) is 2.39. The van der Waals surface area contributed by atoms with E-state index < -0.39 is 0 Å². The molecular weight excluding hydrogens is 258 g/mol. The van der Waals surface area contributed by atoms with Crippen LogP contribution in [-0.4, -0.2) is 49.2 Å². The summed E-state index contributed by atoms with van der Waals surface area (Å²) in [6.45, 7) is 3.88. The van der Waals surface area contributed by atoms with E-state index in [1.165, 1.54) is 7.11 Å². The predicted octanol–water partition coefficient (Wildman–Crippen LogP) is 1.18. The second-order valence-corrected chi connectivity index (χ2v) is 4.31. The lowest BCUT2D eigenvalue weighted by Gasteiger charge is -2.34. The average molecular weight is 272 g/mol. The summed E-state index contributed by atoms with van der Waals surface area (Å²) in [5.74, 6) is 0.888. The molecule has 1 atom stereocenters. The van der Waals surface area contributed by atoms with Crippen molar-refractivity contribution in [1.29, 1.82) is 0 Å². The van der Waals surface area contributed by atoms with Gasteiger partial charge in [0.25, 0.3) is 0 Å². The van der Waals surface area contributed by atoms with Crippen molar-refractivity contribution >= 4 is 23.7 Å². The van der Waals surface area contributed by atoms with Crippen LogP contribution in [0.25, 0.3) is 0 Å². The molecule has 0 radical (unpaired) electrons. The van der Waals surface area contributed by atoms with Gasteiger partial charge in [0.05, 0.1) is 26.4 Å². The SMILES string of the molecule is COc1c(C=O)nc(Cl)nc1N1CCOCC1C. The van der Waals surface area contributed by atoms with Gasteiger partial charge in [0.1, 0.15) is 0 Å². The molecule has 0 amide bonds. The Bertz CT molecular complexity index is 455. The van der Waals surface area contributed by atoms with Gasteiger partial charge in [-0.3, -0.25) is 4.79 Å². The molecule has 1 unspecified atom stereocenters. The van der Waals surface area contributed by atoms with Gasteiger partial charge in [0.15, 0.2) is 23.5 Å². The van der Waals surface area contributed by atoms with Crippen LogP contribution in [0.15, 0.2) is 0 Å². The molecule has 0 spiro atoms. The third-order valence-corrected chi connectivity index (χ3v) is 2.97. The minimum Gasteiger partial charge on any atom is -0.491 e. The first kappa shape index (κ1) is 13.0. The zero-order chi connectivity index (χ0) is 13.1. The van der Waals surface area contributed by atoms with Gasteiger partial charge >= 0.3 is 0 Å². The molecule has 6 nitrogen and oxygen atoms in total. The largest absolute Gasteiger partial charge is 0.491 e. The van der Waals surface area contributed by atoms with E-state index in [2.05, 4.69) is 9.97 Å². The molecule has 1 aliphatic heterocycles. The van der Waals surface area contributed by atoms with Crippen molar-refractivity contribution in [3.05, 3.63) is 11.0 Å². The van der Waals surface area contributed by atoms with Crippen LogP contribution in [0.2, 0.25) is 5.28 Å². The molecule has 7 heteroatoms. The van der Waals surface area contributed by atoms with Gasteiger partial charge in [-0.15, -0.1) is 0 Å². The molecule has 18 heavy (non-hydrogen) atoms. The normalized spacial score (nSPS) is 19.7. The number of morpholine rings is 1. The zero-order valence-corrected chi connectivity index (χ0v) is 11.0. The lowest BCUT2D eigenvalue weighted by Crippen LogP contribution is -2.44. The van der Waals surface area contributed by atoms with Crippen LogP contribution in [0, 0.1) is 0 Å². The predicted molar refractivity (Wildman–Crippen MR) is 66.6 cm³/mol. The van der Waals surface area contributed by atoms with Gasteiger partial charge in [-0.1, -0.05) is 0 Å². The summed E-state index contributed by atoms with van der Waals surface area (Å²) in [4.78, 5) is 21.0. The first-order chi connectivity index (χ1) is 8.67. The van der Waals surface area contributed by atoms with Crippen LogP contribution < -0.4 is 9.64 Å². The monoisotopic (exact) mass is 271 g/mol. The van der Waals surface area contributed by atoms with Crippen molar-refractivity contribution in [2.75, 3.05) is 31.8 Å². The number of hydrogen-bond acceptors (Lipinski definition) is 6. The Balaban J connectivity index is 2.47. The fourth-order valence-electron chi connectivity index (χ4n) is 1.94. The number of rotatable bonds is 3. The van der Waals surface area contributed by atoms with E-state index >= 15 is 0 Å². The minimum atomic E-state index is 0.0339. The van der Waals surface area contributed by atoms with Crippen LogP contribution in [0.1, 0.15) is 17.4 Å². The van der Waals surface area contributed by atoms with Crippen LogP contribution >= 0.6 is 11.6 Å². The molecule has 0 saturated carbocycles. The Morgan fingerprint density at radius 2 is 2.33 bits per heavy atom. The number of nitrogens with zero attached hydrogens (tertiary/aromatic N) is 3. The number of anilines is 1. The summed E-state index contributed by atoms with van der Waals surface area (Å²) in [5.41, 5.74) is 0.159. The third-order valence-electron chi connectivity index (χ3n) is 2.80. The van der Waals surface area contributed by atoms with E-state index in [0.29, 0.717) is 37.6 Å². The lowest BCUT2D eigenvalue weighted by molar-refractivity contribution is 0.0981. The quantitative estimate of drug-likeness (QED) is 0.607. The lowest BCUT2D eigenvalue weighted by atomic mass is 10.2. The highest BCUT2D eigenvalue weighted by Crippen LogP contribution is 2.31. The molecule has 1 aromatic rings. The second kappa shape index (κ2) is 5.49. The van der Waals surface area contributed by atoms with Gasteiger partial charge < -0.3 is 14.4 Å². The van der Waals surface area contributed by atoms with Crippen molar-refractivity contribution < 1.29 is 14.3 Å². The van der Waals surface area contributed by atoms with Crippen LogP contribution in [0.5, 0.6) is 5.75 Å². The van der Waals surface area contributed by atoms with Crippen molar-refractivity contribution in [2.24, 2.45) is 0 Å². The number of methoxy groups -OCH3 is 1. The molecule has 1 aromatic heterocycles. The molecule has 0 bridgehead atoms. The highest BCUT2D eigenvalue weighted by Gasteiger charge is 2.26. The van der Waals surface area contributed by atoms with Crippen molar-refractivity contribution in [2.45, 2.75) is 13.0 Å². The van der Waals surface area contributed by atoms with E-state index in [1.54, 1.807) is 0 Å². The second-order valence-electron chi connectivity index (χ2n) is 3.97. The number of aldehydes is 1. The molecule has 0 aliphatic carbocycles. The van der Waals surface area contributed by atoms with Gasteiger partial charge in [0, 0.05) is 6.54 Å². The Labute approximate surface area is 110 Å². The maximum absolute atomic E-state index is 11.0. The molecule has 98 valence electrons. The zero-order valence-electron chi connectivity index (χ0n) is 10.2. The van der Waals surface area contributed by atoms with Crippen LogP contribution in [0.4, 0.5) is 5.82 Å². The Morgan fingerprint density at radius 3 is 2.94 bits per heavy atom. The standard InChI is InChI=1S/C11H14ClN3O3/c1-7-6-18-4-3-15(7)10-9(17-2)8(5-16)13-11(12)14-10/h5,7H,3-4,6H2,1-2H3. The van der Waals surface area contributed by atoms with Crippen LogP contribution in [0.3, 0.4) is 0 Å². The molecule has 1 aliphatic rings. The maximum atomic E-state index is 11.0. The summed E-state index contributed by atoms with van der Waals surface area (Å²) in [5, 5.41) is 0.0339. The van der Waals surface area contributed by atoms with Gasteiger partial charge in [0.2, 0.25) is 5.28 Å². The summed E-state index contributed by atoms with van der Waals surface area (Å²) < 4.78 is 10.6. The maximum Gasteiger partial charge on any atom is 0.225 e. The topological polar surface area (TPSA) is 64.5 Å². The summed E-state index contributed by atoms with van der Waals surface area (Å²) >= 11 is 5.83. The van der Waals surface area contributed by atoms with Crippen molar-refractivity contribution in [1.82, 2.24) is 9.97 Å². The molecule has 1 saturated heterocycles. The van der Waals surface area contributed by atoms with E-state index in [4.69, 9.17) is 21.1 Å². The fraction of sp³-hybridized carbons (Fsp3) is 0.545. The Morgan fingerprint density at radius 1 is 1.56 bits per heavy atom. The summed E-state index contributed by atoms with van der Waals surface area (Å²) in [6.07, 6.45) is 0.612. The number of carbonyl (C=O) groups excluding carboxylic acids is 1. The van der Waals surface area contributed by atoms with E-state index in [0.717, 1.165) is 0 Å². The van der Waals surface area contributed by atoms with Gasteiger partial charge in [-0.25, -0.2) is 4.98 Å². The van der Waals surface area contributed by atoms with Gasteiger partial charge in [-0.05, 0) is 18.5 Å². The van der Waals surface area contributed by atoms with Crippen molar-refractivity contribution in [3.8, 4) is 5.75 Å². The minimum absolute atomic E-state index is 0.0339. The highest BCUT2D eigenvalue weighted by atomic mass is 35.5. The summed E-state index contributed by atoms with van der Waals surface area (Å²) in [6, 6.07) is 0.137. The van der Waals surface area contributed by atoms with Crippen molar-refractivity contribution in [3.63, 3.8) is 0 Å². The first-order valence-electron chi connectivity index (χ1n) is 5.58. The number of hydrogen-bond donors (Lipinski definition) is 0. The molecule has 1 fully saturated rings. The number of halogens is 1. The first-order valence-corrected chi connectivity index (χ1v) is 5.96. The van der Waals surface area contributed by atoms with Crippen LogP contribution in [-0.2, 0) is 4.74 Å². The molecule has 2 heterocycles. The fourth-order valence-corrected chi connectivity index (χ4v) is 2.11. The van der Waals surface area contributed by atoms with E-state index in [-0.39, 0.29) is 17.0 Å². The Hall–Kier alpha value is -1.40.